The molecule has 0 aliphatic rings. The van der Waals surface area contributed by atoms with E-state index >= 15 is 0 Å². The minimum atomic E-state index is 0.424. The van der Waals surface area contributed by atoms with Gasteiger partial charge in [0.2, 0.25) is 0 Å². The van der Waals surface area contributed by atoms with Crippen LogP contribution in [0.2, 0.25) is 0 Å². The lowest BCUT2D eigenvalue weighted by atomic mass is 10.1. The molecular weight excluding hydrogens is 302 g/mol. The Morgan fingerprint density at radius 2 is 1.75 bits per heavy atom. The zero-order chi connectivity index (χ0) is 17.2. The first-order valence-electron chi connectivity index (χ1n) is 8.05. The Labute approximate surface area is 143 Å². The van der Waals surface area contributed by atoms with Gasteiger partial charge in [0.15, 0.2) is 5.96 Å². The van der Waals surface area contributed by atoms with Gasteiger partial charge < -0.3 is 20.5 Å². The van der Waals surface area contributed by atoms with Crippen molar-refractivity contribution in [1.29, 1.82) is 0 Å². The molecule has 0 bridgehead atoms. The van der Waals surface area contributed by atoms with Gasteiger partial charge in [0.1, 0.15) is 11.5 Å². The molecule has 128 valence electrons. The van der Waals surface area contributed by atoms with Gasteiger partial charge >= 0.3 is 0 Å². The first kappa shape index (κ1) is 17.7. The van der Waals surface area contributed by atoms with Gasteiger partial charge in [0.05, 0.1) is 14.2 Å². The summed E-state index contributed by atoms with van der Waals surface area (Å²) in [7, 11) is 3.32. The third-order valence-electron chi connectivity index (χ3n) is 3.66. The van der Waals surface area contributed by atoms with Crippen molar-refractivity contribution in [2.75, 3.05) is 26.1 Å². The van der Waals surface area contributed by atoms with Crippen LogP contribution >= 0.6 is 0 Å². The molecule has 0 radical (unpaired) electrons. The molecule has 2 aromatic rings. The third kappa shape index (κ3) is 5.83. The summed E-state index contributed by atoms with van der Waals surface area (Å²) in [6.07, 6.45) is 3.09. The number of ether oxygens (including phenoxy) is 2. The van der Waals surface area contributed by atoms with Crippen molar-refractivity contribution in [3.63, 3.8) is 0 Å². The van der Waals surface area contributed by atoms with Crippen LogP contribution in [0, 0.1) is 0 Å². The summed E-state index contributed by atoms with van der Waals surface area (Å²) in [5.74, 6) is 2.10. The molecule has 2 rings (SSSR count). The second kappa shape index (κ2) is 9.45. The Balaban J connectivity index is 1.70. The van der Waals surface area contributed by atoms with E-state index in [2.05, 4.69) is 22.4 Å². The summed E-state index contributed by atoms with van der Waals surface area (Å²) in [5.41, 5.74) is 8.08. The normalized spacial score (nSPS) is 11.2. The molecular formula is C19H25N3O2. The van der Waals surface area contributed by atoms with Crippen LogP contribution in [0.1, 0.15) is 18.4 Å². The molecule has 0 fully saturated rings. The Bertz CT molecular complexity index is 654. The zero-order valence-corrected chi connectivity index (χ0v) is 14.3. The molecule has 2 aromatic carbocycles. The molecule has 0 aromatic heterocycles. The number of nitrogens with two attached hydrogens (primary N) is 1. The molecule has 3 N–H and O–H groups in total. The Kier molecular flexibility index (Phi) is 6.95. The molecule has 0 unspecified atom stereocenters. The van der Waals surface area contributed by atoms with Crippen molar-refractivity contribution in [1.82, 2.24) is 0 Å². The highest BCUT2D eigenvalue weighted by Crippen LogP contribution is 2.16. The van der Waals surface area contributed by atoms with Gasteiger partial charge in [-0.1, -0.05) is 18.2 Å². The molecule has 0 atom stereocenters. The van der Waals surface area contributed by atoms with Crippen LogP contribution in [0.3, 0.4) is 0 Å². The van der Waals surface area contributed by atoms with E-state index in [0.717, 1.165) is 36.4 Å². The van der Waals surface area contributed by atoms with Crippen molar-refractivity contribution in [2.45, 2.75) is 19.3 Å². The monoisotopic (exact) mass is 327 g/mol. The number of nitrogens with zero attached hydrogens (tertiary/aromatic N) is 1. The fourth-order valence-corrected chi connectivity index (χ4v) is 2.32. The van der Waals surface area contributed by atoms with Gasteiger partial charge in [0.25, 0.3) is 0 Å². The number of aliphatic imine (C=N–C) groups is 1. The van der Waals surface area contributed by atoms with Crippen LogP contribution in [-0.2, 0) is 6.42 Å². The fourth-order valence-electron chi connectivity index (χ4n) is 2.32. The van der Waals surface area contributed by atoms with E-state index < -0.39 is 0 Å². The summed E-state index contributed by atoms with van der Waals surface area (Å²) < 4.78 is 10.3. The van der Waals surface area contributed by atoms with E-state index in [4.69, 9.17) is 15.2 Å². The van der Waals surface area contributed by atoms with Crippen molar-refractivity contribution >= 4 is 11.6 Å². The molecule has 0 saturated heterocycles. The van der Waals surface area contributed by atoms with Crippen molar-refractivity contribution < 1.29 is 9.47 Å². The number of nitrogens with one attached hydrogen (secondary N) is 1. The number of unbranched alkanes of at least 4 members (excludes halogenated alkanes) is 1. The van der Waals surface area contributed by atoms with Crippen LogP contribution in [0.4, 0.5) is 5.69 Å². The van der Waals surface area contributed by atoms with Crippen LogP contribution in [0.15, 0.2) is 53.5 Å². The molecule has 5 nitrogen and oxygen atoms in total. The topological polar surface area (TPSA) is 68.9 Å². The number of rotatable bonds is 8. The molecule has 0 heterocycles. The summed E-state index contributed by atoms with van der Waals surface area (Å²) in [6, 6.07) is 15.8. The molecule has 0 amide bonds. The van der Waals surface area contributed by atoms with E-state index in [1.54, 1.807) is 14.2 Å². The summed E-state index contributed by atoms with van der Waals surface area (Å²) in [6.45, 7) is 0.707. The minimum absolute atomic E-state index is 0.424. The van der Waals surface area contributed by atoms with E-state index in [-0.39, 0.29) is 0 Å². The average molecular weight is 327 g/mol. The van der Waals surface area contributed by atoms with E-state index in [1.165, 1.54) is 5.56 Å². The van der Waals surface area contributed by atoms with Gasteiger partial charge in [-0.15, -0.1) is 0 Å². The highest BCUT2D eigenvalue weighted by Gasteiger charge is 1.98. The Morgan fingerprint density at radius 3 is 2.46 bits per heavy atom. The Hall–Kier alpha value is -2.69. The van der Waals surface area contributed by atoms with Gasteiger partial charge in [-0.05, 0) is 49.1 Å². The largest absolute Gasteiger partial charge is 0.497 e. The molecule has 24 heavy (non-hydrogen) atoms. The van der Waals surface area contributed by atoms with Gasteiger partial charge in [0, 0.05) is 18.3 Å². The minimum Gasteiger partial charge on any atom is -0.497 e. The summed E-state index contributed by atoms with van der Waals surface area (Å²) >= 11 is 0. The highest BCUT2D eigenvalue weighted by atomic mass is 16.5. The average Bonchev–Trinajstić information content (AvgIpc) is 2.62. The number of guanidine groups is 1. The third-order valence-corrected chi connectivity index (χ3v) is 3.66. The molecule has 0 saturated carbocycles. The fraction of sp³-hybridized carbons (Fsp3) is 0.316. The molecule has 0 aliphatic carbocycles. The maximum absolute atomic E-state index is 5.91. The molecule has 0 aliphatic heterocycles. The second-order valence-electron chi connectivity index (χ2n) is 5.43. The van der Waals surface area contributed by atoms with Gasteiger partial charge in [-0.25, -0.2) is 0 Å². The van der Waals surface area contributed by atoms with E-state index in [0.29, 0.717) is 12.5 Å². The highest BCUT2D eigenvalue weighted by molar-refractivity contribution is 5.92. The molecule has 0 spiro atoms. The number of aryl methyl sites for hydroxylation is 1. The summed E-state index contributed by atoms with van der Waals surface area (Å²) in [4.78, 5) is 4.36. The number of hydrogen-bond acceptors (Lipinski definition) is 3. The van der Waals surface area contributed by atoms with Gasteiger partial charge in [-0.2, -0.15) is 0 Å². The number of anilines is 1. The summed E-state index contributed by atoms with van der Waals surface area (Å²) in [5, 5.41) is 3.07. The van der Waals surface area contributed by atoms with Crippen LogP contribution in [-0.4, -0.2) is 26.7 Å². The maximum atomic E-state index is 5.91. The quantitative estimate of drug-likeness (QED) is 0.443. The predicted molar refractivity (Wildman–Crippen MR) is 99.0 cm³/mol. The van der Waals surface area contributed by atoms with Crippen molar-refractivity contribution in [2.24, 2.45) is 10.7 Å². The molecule has 5 heteroatoms. The van der Waals surface area contributed by atoms with Gasteiger partial charge in [-0.3, -0.25) is 4.99 Å². The van der Waals surface area contributed by atoms with Crippen molar-refractivity contribution in [3.8, 4) is 11.5 Å². The van der Waals surface area contributed by atoms with Crippen LogP contribution in [0.5, 0.6) is 11.5 Å². The lowest BCUT2D eigenvalue weighted by Crippen LogP contribution is -2.22. The number of benzene rings is 2. The van der Waals surface area contributed by atoms with Crippen LogP contribution in [0.25, 0.3) is 0 Å². The zero-order valence-electron chi connectivity index (χ0n) is 14.3. The smallest absolute Gasteiger partial charge is 0.193 e. The lowest BCUT2D eigenvalue weighted by molar-refractivity contribution is 0.414. The Morgan fingerprint density at radius 1 is 1.00 bits per heavy atom. The van der Waals surface area contributed by atoms with Crippen LogP contribution < -0.4 is 20.5 Å². The van der Waals surface area contributed by atoms with E-state index in [9.17, 15) is 0 Å². The maximum Gasteiger partial charge on any atom is 0.193 e. The second-order valence-corrected chi connectivity index (χ2v) is 5.43. The standard InChI is InChI=1S/C19H25N3O2/c1-23-17-11-9-15(10-12-17)6-3-4-13-21-19(20)22-16-7-5-8-18(14-16)24-2/h5,7-12,14H,3-4,6,13H2,1-2H3,(H3,20,21,22). The lowest BCUT2D eigenvalue weighted by Gasteiger charge is -2.07. The van der Waals surface area contributed by atoms with E-state index in [1.807, 2.05) is 36.4 Å². The SMILES string of the molecule is COc1ccc(CCCCN=C(N)Nc2cccc(OC)c2)cc1. The first-order valence-corrected chi connectivity index (χ1v) is 8.05. The first-order chi connectivity index (χ1) is 11.7. The number of hydrogen-bond donors (Lipinski definition) is 2. The predicted octanol–water partition coefficient (Wildman–Crippen LogP) is 3.45. The number of methoxy groups -OCH3 is 2. The van der Waals surface area contributed by atoms with Crippen molar-refractivity contribution in [3.05, 3.63) is 54.1 Å².